The molecule has 2 heterocycles. The normalized spacial score (nSPS) is 30.3. The number of rotatable bonds is 2. The number of piperidine rings is 1. The zero-order valence-corrected chi connectivity index (χ0v) is 16.1. The second-order valence-corrected chi connectivity index (χ2v) is 8.62. The second-order valence-electron chi connectivity index (χ2n) is 7.81. The lowest BCUT2D eigenvalue weighted by Crippen LogP contribution is -2.53. The smallest absolute Gasteiger partial charge is 0.254 e. The number of carbonyl (C=O) groups excluding carboxylic acids is 1. The van der Waals surface area contributed by atoms with Gasteiger partial charge in [-0.25, -0.2) is 0 Å². The third-order valence-electron chi connectivity index (χ3n) is 6.37. The van der Waals surface area contributed by atoms with E-state index in [1.807, 2.05) is 0 Å². The van der Waals surface area contributed by atoms with Crippen molar-refractivity contribution in [3.63, 3.8) is 0 Å². The first-order valence-corrected chi connectivity index (χ1v) is 10.4. The van der Waals surface area contributed by atoms with Gasteiger partial charge >= 0.3 is 0 Å². The fraction of sp³-hybridized carbons (Fsp3) is 0.650. The van der Waals surface area contributed by atoms with Gasteiger partial charge in [-0.3, -0.25) is 4.79 Å². The molecule has 0 N–H and O–H groups in total. The van der Waals surface area contributed by atoms with Crippen molar-refractivity contribution >= 4 is 29.1 Å². The Morgan fingerprint density at radius 3 is 2.52 bits per heavy atom. The summed E-state index contributed by atoms with van der Waals surface area (Å²) in [4.78, 5) is 17.9. The minimum atomic E-state index is 0.118. The molecule has 5 heteroatoms. The molecule has 3 fully saturated rings. The summed E-state index contributed by atoms with van der Waals surface area (Å²) in [5, 5.41) is 0.958. The number of fused-ring (bicyclic) bond motifs is 1. The Kier molecular flexibility index (Phi) is 5.26. The van der Waals surface area contributed by atoms with E-state index in [2.05, 4.69) is 9.80 Å². The minimum absolute atomic E-state index is 0.118. The van der Waals surface area contributed by atoms with Gasteiger partial charge in [-0.1, -0.05) is 23.2 Å². The van der Waals surface area contributed by atoms with Crippen LogP contribution in [0.3, 0.4) is 0 Å². The molecule has 0 spiro atoms. The average molecular weight is 381 g/mol. The third-order valence-corrected chi connectivity index (χ3v) is 7.11. The molecule has 1 aliphatic carbocycles. The predicted molar refractivity (Wildman–Crippen MR) is 102 cm³/mol. The van der Waals surface area contributed by atoms with Gasteiger partial charge in [-0.2, -0.15) is 0 Å². The van der Waals surface area contributed by atoms with E-state index in [9.17, 15) is 4.79 Å². The fourth-order valence-corrected chi connectivity index (χ4v) is 5.42. The van der Waals surface area contributed by atoms with Crippen LogP contribution in [0, 0.1) is 5.92 Å². The lowest BCUT2D eigenvalue weighted by molar-refractivity contribution is 0.0225. The van der Waals surface area contributed by atoms with Gasteiger partial charge in [0, 0.05) is 24.2 Å². The molecule has 1 aromatic rings. The van der Waals surface area contributed by atoms with Gasteiger partial charge in [0.25, 0.3) is 5.91 Å². The summed E-state index contributed by atoms with van der Waals surface area (Å²) in [6.07, 6.45) is 8.71. The van der Waals surface area contributed by atoms with E-state index in [0.29, 0.717) is 27.6 Å². The number of hydrogen-bond donors (Lipinski definition) is 0. The Morgan fingerprint density at radius 2 is 1.76 bits per heavy atom. The highest BCUT2D eigenvalue weighted by molar-refractivity contribution is 6.42. The monoisotopic (exact) mass is 380 g/mol. The summed E-state index contributed by atoms with van der Waals surface area (Å²) in [5.74, 6) is 0.771. The van der Waals surface area contributed by atoms with Crippen molar-refractivity contribution in [1.82, 2.24) is 9.80 Å². The molecule has 3 atom stereocenters. The molecule has 3 unspecified atom stereocenters. The number of hydrogen-bond acceptors (Lipinski definition) is 2. The highest BCUT2D eigenvalue weighted by Gasteiger charge is 2.40. The maximum atomic E-state index is 13.1. The van der Waals surface area contributed by atoms with Gasteiger partial charge in [-0.05, 0) is 82.2 Å². The van der Waals surface area contributed by atoms with Crippen molar-refractivity contribution in [2.75, 3.05) is 19.6 Å². The van der Waals surface area contributed by atoms with Gasteiger partial charge in [0.1, 0.15) is 0 Å². The summed E-state index contributed by atoms with van der Waals surface area (Å²) in [6, 6.07) is 6.38. The molecule has 1 aromatic carbocycles. The van der Waals surface area contributed by atoms with Gasteiger partial charge in [0.2, 0.25) is 0 Å². The van der Waals surface area contributed by atoms with Gasteiger partial charge in [0.05, 0.1) is 10.0 Å². The van der Waals surface area contributed by atoms with E-state index in [-0.39, 0.29) is 5.91 Å². The highest BCUT2D eigenvalue weighted by atomic mass is 35.5. The second kappa shape index (κ2) is 7.46. The fourth-order valence-electron chi connectivity index (χ4n) is 5.12. The average Bonchev–Trinajstić information content (AvgIpc) is 3.17. The van der Waals surface area contributed by atoms with Crippen LogP contribution in [0.4, 0.5) is 0 Å². The summed E-state index contributed by atoms with van der Waals surface area (Å²) in [7, 11) is 0. The summed E-state index contributed by atoms with van der Waals surface area (Å²) in [6.45, 7) is 3.41. The van der Waals surface area contributed by atoms with E-state index in [1.165, 1.54) is 45.2 Å². The molecule has 0 aromatic heterocycles. The summed E-state index contributed by atoms with van der Waals surface area (Å²) >= 11 is 12.1. The van der Waals surface area contributed by atoms with Crippen LogP contribution in [0.5, 0.6) is 0 Å². The first-order chi connectivity index (χ1) is 12.1. The van der Waals surface area contributed by atoms with Gasteiger partial charge < -0.3 is 9.80 Å². The van der Waals surface area contributed by atoms with E-state index >= 15 is 0 Å². The number of nitrogens with zero attached hydrogens (tertiary/aromatic N) is 2. The zero-order chi connectivity index (χ0) is 17.4. The number of carbonyl (C=O) groups is 1. The summed E-state index contributed by atoms with van der Waals surface area (Å²) < 4.78 is 0. The van der Waals surface area contributed by atoms with Crippen LogP contribution in [0.15, 0.2) is 18.2 Å². The largest absolute Gasteiger partial charge is 0.335 e. The standard InChI is InChI=1S/C20H26Cl2N2O/c21-17-7-5-15(13-18(17)22)20(25)24-11-3-4-14-12-16(6-8-19(14)24)23-9-1-2-10-23/h5,7,13-14,16,19H,1-4,6,8-12H2. The van der Waals surface area contributed by atoms with Crippen molar-refractivity contribution in [1.29, 1.82) is 0 Å². The molecular weight excluding hydrogens is 355 g/mol. The lowest BCUT2D eigenvalue weighted by atomic mass is 9.75. The topological polar surface area (TPSA) is 23.6 Å². The Labute approximate surface area is 160 Å². The van der Waals surface area contributed by atoms with Crippen LogP contribution in [-0.4, -0.2) is 47.4 Å². The van der Waals surface area contributed by atoms with Crippen molar-refractivity contribution in [3.05, 3.63) is 33.8 Å². The molecule has 4 rings (SSSR count). The molecule has 2 aliphatic heterocycles. The Bertz CT molecular complexity index is 645. The molecule has 3 aliphatic rings. The number of likely N-dealkylation sites (tertiary alicyclic amines) is 2. The Morgan fingerprint density at radius 1 is 0.960 bits per heavy atom. The molecule has 2 saturated heterocycles. The predicted octanol–water partition coefficient (Wildman–Crippen LogP) is 4.86. The maximum absolute atomic E-state index is 13.1. The maximum Gasteiger partial charge on any atom is 0.254 e. The van der Waals surface area contributed by atoms with Crippen LogP contribution in [-0.2, 0) is 0 Å². The van der Waals surface area contributed by atoms with Gasteiger partial charge in [-0.15, -0.1) is 0 Å². The van der Waals surface area contributed by atoms with Crippen molar-refractivity contribution in [2.24, 2.45) is 5.92 Å². The van der Waals surface area contributed by atoms with Crippen LogP contribution >= 0.6 is 23.2 Å². The Hall–Kier alpha value is -0.770. The first kappa shape index (κ1) is 17.6. The molecule has 25 heavy (non-hydrogen) atoms. The van der Waals surface area contributed by atoms with E-state index in [4.69, 9.17) is 23.2 Å². The molecule has 0 bridgehead atoms. The van der Waals surface area contributed by atoms with Crippen LogP contribution in [0.1, 0.15) is 55.3 Å². The van der Waals surface area contributed by atoms with Crippen LogP contribution < -0.4 is 0 Å². The highest BCUT2D eigenvalue weighted by Crippen LogP contribution is 2.38. The zero-order valence-electron chi connectivity index (χ0n) is 14.6. The van der Waals surface area contributed by atoms with Gasteiger partial charge in [0.15, 0.2) is 0 Å². The number of amides is 1. The number of benzene rings is 1. The van der Waals surface area contributed by atoms with Crippen LogP contribution in [0.2, 0.25) is 10.0 Å². The third kappa shape index (κ3) is 3.56. The van der Waals surface area contributed by atoms with E-state index in [0.717, 1.165) is 25.4 Å². The van der Waals surface area contributed by atoms with Crippen LogP contribution in [0.25, 0.3) is 0 Å². The molecular formula is C20H26Cl2N2O. The van der Waals surface area contributed by atoms with Crippen molar-refractivity contribution < 1.29 is 4.79 Å². The van der Waals surface area contributed by atoms with Crippen molar-refractivity contribution in [2.45, 2.75) is 57.0 Å². The quantitative estimate of drug-likeness (QED) is 0.730. The van der Waals surface area contributed by atoms with Crippen molar-refractivity contribution in [3.8, 4) is 0 Å². The molecule has 1 saturated carbocycles. The van der Waals surface area contributed by atoms with E-state index < -0.39 is 0 Å². The first-order valence-electron chi connectivity index (χ1n) is 9.63. The Balaban J connectivity index is 1.47. The summed E-state index contributed by atoms with van der Waals surface area (Å²) in [5.41, 5.74) is 0.664. The molecule has 1 amide bonds. The molecule has 3 nitrogen and oxygen atoms in total. The van der Waals surface area contributed by atoms with E-state index in [1.54, 1.807) is 18.2 Å². The lowest BCUT2D eigenvalue weighted by Gasteiger charge is -2.47. The molecule has 136 valence electrons. The minimum Gasteiger partial charge on any atom is -0.335 e. The SMILES string of the molecule is O=C(c1ccc(Cl)c(Cl)c1)N1CCCC2CC(N3CCCC3)CCC21. The molecule has 0 radical (unpaired) electrons. The number of halogens is 2.